The minimum Gasteiger partial charge on any atom is -0.299 e. The molecule has 1 aliphatic heterocycles. The molecular weight excluding hydrogens is 246 g/mol. The largest absolute Gasteiger partial charge is 0.299 e. The number of ketones is 1. The fourth-order valence-electron chi connectivity index (χ4n) is 3.76. The van der Waals surface area contributed by atoms with E-state index in [0.29, 0.717) is 17.6 Å². The van der Waals surface area contributed by atoms with Gasteiger partial charge in [0, 0.05) is 18.4 Å². The van der Waals surface area contributed by atoms with Gasteiger partial charge in [0.05, 0.1) is 0 Å². The monoisotopic (exact) mass is 271 g/mol. The van der Waals surface area contributed by atoms with Crippen LogP contribution >= 0.6 is 0 Å². The number of hydrogen-bond acceptors (Lipinski definition) is 2. The molecule has 2 fully saturated rings. The quantitative estimate of drug-likeness (QED) is 0.833. The van der Waals surface area contributed by atoms with Crippen molar-refractivity contribution in [3.05, 3.63) is 35.9 Å². The third kappa shape index (κ3) is 3.29. The maximum atomic E-state index is 12.4. The van der Waals surface area contributed by atoms with Gasteiger partial charge in [0.2, 0.25) is 0 Å². The number of carbonyl (C=O) groups excluding carboxylic acids is 1. The van der Waals surface area contributed by atoms with Crippen LogP contribution in [-0.2, 0) is 11.3 Å². The summed E-state index contributed by atoms with van der Waals surface area (Å²) in [6.45, 7) is 3.20. The van der Waals surface area contributed by atoms with Gasteiger partial charge in [-0.1, -0.05) is 43.2 Å². The van der Waals surface area contributed by atoms with E-state index in [1.165, 1.54) is 18.4 Å². The Morgan fingerprint density at radius 3 is 2.20 bits per heavy atom. The highest BCUT2D eigenvalue weighted by atomic mass is 16.1. The fourth-order valence-corrected chi connectivity index (χ4v) is 3.76. The summed E-state index contributed by atoms with van der Waals surface area (Å²) in [7, 11) is 0. The van der Waals surface area contributed by atoms with Crippen LogP contribution < -0.4 is 0 Å². The second-order valence-corrected chi connectivity index (χ2v) is 6.42. The van der Waals surface area contributed by atoms with Crippen LogP contribution in [-0.4, -0.2) is 23.8 Å². The molecule has 0 atom stereocenters. The van der Waals surface area contributed by atoms with Crippen molar-refractivity contribution in [1.82, 2.24) is 4.90 Å². The molecule has 20 heavy (non-hydrogen) atoms. The minimum atomic E-state index is 0.352. The predicted molar refractivity (Wildman–Crippen MR) is 81.4 cm³/mol. The minimum absolute atomic E-state index is 0.352. The van der Waals surface area contributed by atoms with Crippen molar-refractivity contribution in [2.45, 2.75) is 45.1 Å². The summed E-state index contributed by atoms with van der Waals surface area (Å²) >= 11 is 0. The lowest BCUT2D eigenvalue weighted by Gasteiger charge is -2.32. The van der Waals surface area contributed by atoms with Gasteiger partial charge < -0.3 is 0 Å². The summed E-state index contributed by atoms with van der Waals surface area (Å²) in [5.41, 5.74) is 1.38. The molecule has 108 valence electrons. The Balaban J connectivity index is 1.48. The van der Waals surface area contributed by atoms with Crippen LogP contribution in [0.15, 0.2) is 30.3 Å². The first-order valence-electron chi connectivity index (χ1n) is 8.13. The summed E-state index contributed by atoms with van der Waals surface area (Å²) in [5.74, 6) is 1.34. The lowest BCUT2D eigenvalue weighted by Crippen LogP contribution is -2.37. The van der Waals surface area contributed by atoms with Crippen molar-refractivity contribution in [2.24, 2.45) is 11.8 Å². The van der Waals surface area contributed by atoms with E-state index in [-0.39, 0.29) is 0 Å². The topological polar surface area (TPSA) is 20.3 Å². The first kappa shape index (κ1) is 13.8. The summed E-state index contributed by atoms with van der Waals surface area (Å²) in [6, 6.07) is 10.7. The van der Waals surface area contributed by atoms with E-state index < -0.39 is 0 Å². The third-order valence-corrected chi connectivity index (χ3v) is 5.00. The molecule has 1 heterocycles. The van der Waals surface area contributed by atoms with Gasteiger partial charge in [0.15, 0.2) is 0 Å². The van der Waals surface area contributed by atoms with Gasteiger partial charge in [-0.3, -0.25) is 9.69 Å². The molecule has 0 unspecified atom stereocenters. The van der Waals surface area contributed by atoms with E-state index >= 15 is 0 Å². The van der Waals surface area contributed by atoms with Crippen LogP contribution in [0.1, 0.15) is 44.1 Å². The van der Waals surface area contributed by atoms with E-state index in [0.717, 1.165) is 45.3 Å². The van der Waals surface area contributed by atoms with Crippen LogP contribution in [0.5, 0.6) is 0 Å². The predicted octanol–water partition coefficient (Wildman–Crippen LogP) is 3.66. The van der Waals surface area contributed by atoms with Crippen molar-refractivity contribution in [2.75, 3.05) is 13.1 Å². The van der Waals surface area contributed by atoms with Gasteiger partial charge in [-0.05, 0) is 44.3 Å². The number of piperidine rings is 1. The van der Waals surface area contributed by atoms with Crippen molar-refractivity contribution in [1.29, 1.82) is 0 Å². The van der Waals surface area contributed by atoms with Gasteiger partial charge in [-0.25, -0.2) is 0 Å². The second kappa shape index (κ2) is 6.53. The smallest absolute Gasteiger partial charge is 0.139 e. The molecule has 2 aliphatic rings. The van der Waals surface area contributed by atoms with E-state index in [1.807, 2.05) is 0 Å². The Bertz CT molecular complexity index is 428. The number of likely N-dealkylation sites (tertiary alicyclic amines) is 1. The number of rotatable bonds is 4. The van der Waals surface area contributed by atoms with Crippen molar-refractivity contribution in [3.8, 4) is 0 Å². The summed E-state index contributed by atoms with van der Waals surface area (Å²) in [6.07, 6.45) is 6.99. The molecule has 0 amide bonds. The normalized spacial score (nSPS) is 22.2. The van der Waals surface area contributed by atoms with Crippen molar-refractivity contribution in [3.63, 3.8) is 0 Å². The average Bonchev–Trinajstić information content (AvgIpc) is 3.03. The first-order valence-corrected chi connectivity index (χ1v) is 8.13. The molecule has 0 aromatic heterocycles. The first-order chi connectivity index (χ1) is 9.83. The van der Waals surface area contributed by atoms with Gasteiger partial charge in [0.1, 0.15) is 5.78 Å². The van der Waals surface area contributed by atoms with E-state index in [4.69, 9.17) is 0 Å². The number of hydrogen-bond donors (Lipinski definition) is 0. The molecule has 0 bridgehead atoms. The molecule has 3 rings (SSSR count). The maximum Gasteiger partial charge on any atom is 0.139 e. The summed E-state index contributed by atoms with van der Waals surface area (Å²) in [5, 5.41) is 0. The van der Waals surface area contributed by atoms with Gasteiger partial charge in [0.25, 0.3) is 0 Å². The third-order valence-electron chi connectivity index (χ3n) is 5.00. The lowest BCUT2D eigenvalue weighted by atomic mass is 9.85. The number of benzene rings is 1. The van der Waals surface area contributed by atoms with Crippen LogP contribution in [0.25, 0.3) is 0 Å². The molecule has 0 radical (unpaired) electrons. The standard InChI is InChI=1S/C18H25NO/c20-18(16-8-4-5-9-16)17-10-12-19(13-11-17)14-15-6-2-1-3-7-15/h1-3,6-7,16-17H,4-5,8-14H2. The molecule has 0 spiro atoms. The van der Waals surface area contributed by atoms with Gasteiger partial charge in [-0.2, -0.15) is 0 Å². The van der Waals surface area contributed by atoms with Crippen molar-refractivity contribution < 1.29 is 4.79 Å². The van der Waals surface area contributed by atoms with Gasteiger partial charge >= 0.3 is 0 Å². The Kier molecular flexibility index (Phi) is 4.51. The molecule has 2 nitrogen and oxygen atoms in total. The SMILES string of the molecule is O=C(C1CCCC1)C1CCN(Cc2ccccc2)CC1. The van der Waals surface area contributed by atoms with Crippen LogP contribution in [0.3, 0.4) is 0 Å². The number of carbonyl (C=O) groups is 1. The van der Waals surface area contributed by atoms with E-state index in [2.05, 4.69) is 35.2 Å². The number of nitrogens with zero attached hydrogens (tertiary/aromatic N) is 1. The van der Waals surface area contributed by atoms with Gasteiger partial charge in [-0.15, -0.1) is 0 Å². The molecule has 1 aliphatic carbocycles. The van der Waals surface area contributed by atoms with Crippen LogP contribution in [0.2, 0.25) is 0 Å². The maximum absolute atomic E-state index is 12.4. The Morgan fingerprint density at radius 2 is 1.55 bits per heavy atom. The van der Waals surface area contributed by atoms with Crippen LogP contribution in [0, 0.1) is 11.8 Å². The van der Waals surface area contributed by atoms with E-state index in [9.17, 15) is 4.79 Å². The molecule has 2 heteroatoms. The molecule has 1 aromatic rings. The molecule has 1 aromatic carbocycles. The van der Waals surface area contributed by atoms with Crippen molar-refractivity contribution >= 4 is 5.78 Å². The second-order valence-electron chi connectivity index (χ2n) is 6.42. The zero-order valence-corrected chi connectivity index (χ0v) is 12.3. The Hall–Kier alpha value is -1.15. The molecule has 0 N–H and O–H groups in total. The average molecular weight is 271 g/mol. The zero-order valence-electron chi connectivity index (χ0n) is 12.3. The summed E-state index contributed by atoms with van der Waals surface area (Å²) < 4.78 is 0. The lowest BCUT2D eigenvalue weighted by molar-refractivity contribution is -0.128. The number of Topliss-reactive ketones (excluding diaryl/α,β-unsaturated/α-hetero) is 1. The van der Waals surface area contributed by atoms with Crippen LogP contribution in [0.4, 0.5) is 0 Å². The van der Waals surface area contributed by atoms with E-state index in [1.54, 1.807) is 0 Å². The fraction of sp³-hybridized carbons (Fsp3) is 0.611. The highest BCUT2D eigenvalue weighted by Crippen LogP contribution is 2.31. The highest BCUT2D eigenvalue weighted by Gasteiger charge is 2.31. The Labute approximate surface area is 122 Å². The zero-order chi connectivity index (χ0) is 13.8. The molecular formula is C18H25NO. The summed E-state index contributed by atoms with van der Waals surface area (Å²) in [4.78, 5) is 14.9. The Morgan fingerprint density at radius 1 is 0.950 bits per heavy atom. The molecule has 1 saturated heterocycles. The molecule has 1 saturated carbocycles. The highest BCUT2D eigenvalue weighted by molar-refractivity contribution is 5.83.